The van der Waals surface area contributed by atoms with Crippen molar-refractivity contribution in [3.05, 3.63) is 17.2 Å². The van der Waals surface area contributed by atoms with Crippen molar-refractivity contribution in [2.75, 3.05) is 0 Å². The highest BCUT2D eigenvalue weighted by atomic mass is 16.4. The molecule has 0 aromatic carbocycles. The van der Waals surface area contributed by atoms with Crippen molar-refractivity contribution in [2.45, 2.75) is 20.3 Å². The van der Waals surface area contributed by atoms with E-state index in [2.05, 4.69) is 15.2 Å². The molecule has 0 aliphatic rings. The Balaban J connectivity index is 2.89. The first kappa shape index (κ1) is 8.58. The highest BCUT2D eigenvalue weighted by Crippen LogP contribution is 1.98. The summed E-state index contributed by atoms with van der Waals surface area (Å²) in [5.41, 5.74) is 1.45. The molecule has 0 saturated heterocycles. The Kier molecular flexibility index (Phi) is 2.32. The molecule has 0 amide bonds. The normalized spacial score (nSPS) is 9.83. The average Bonchev–Trinajstić information content (AvgIpc) is 1.96. The molecule has 1 aromatic heterocycles. The zero-order valence-corrected chi connectivity index (χ0v) is 6.90. The molecule has 0 aliphatic carbocycles. The molecule has 1 heterocycles. The summed E-state index contributed by atoms with van der Waals surface area (Å²) in [6.07, 6.45) is -0.173. The van der Waals surface area contributed by atoms with Crippen LogP contribution in [0.2, 0.25) is 0 Å². The topological polar surface area (TPSA) is 76.0 Å². The molecule has 0 aliphatic heterocycles. The number of aromatic nitrogens is 3. The maximum atomic E-state index is 10.3. The molecule has 0 bridgehead atoms. The summed E-state index contributed by atoms with van der Waals surface area (Å²) in [7, 11) is 0. The molecule has 0 atom stereocenters. The fourth-order valence-corrected chi connectivity index (χ4v) is 0.712. The Morgan fingerprint density at radius 1 is 1.33 bits per heavy atom. The number of carboxylic acid groups (broad SMARTS) is 1. The van der Waals surface area contributed by atoms with Gasteiger partial charge in [-0.2, -0.15) is 5.10 Å². The zero-order chi connectivity index (χ0) is 9.14. The third kappa shape index (κ3) is 1.98. The Hall–Kier alpha value is -1.52. The second-order valence-electron chi connectivity index (χ2n) is 2.47. The zero-order valence-electron chi connectivity index (χ0n) is 6.90. The summed E-state index contributed by atoms with van der Waals surface area (Å²) in [5, 5.41) is 15.8. The van der Waals surface area contributed by atoms with Crippen molar-refractivity contribution >= 4 is 5.97 Å². The lowest BCUT2D eigenvalue weighted by molar-refractivity contribution is -0.136. The second kappa shape index (κ2) is 3.25. The van der Waals surface area contributed by atoms with Crippen molar-refractivity contribution in [3.8, 4) is 0 Å². The molecule has 5 heteroatoms. The van der Waals surface area contributed by atoms with Gasteiger partial charge in [-0.3, -0.25) is 4.79 Å². The molecule has 1 aromatic rings. The molecule has 12 heavy (non-hydrogen) atoms. The van der Waals surface area contributed by atoms with Gasteiger partial charge in [0.1, 0.15) is 6.42 Å². The standard InChI is InChI=1S/C7H9N3O2/c1-4-5(2)9-10-6(8-4)3-7(11)12/h3H2,1-2H3,(H,11,12). The lowest BCUT2D eigenvalue weighted by atomic mass is 10.3. The number of hydrogen-bond donors (Lipinski definition) is 1. The minimum absolute atomic E-state index is 0.173. The molecular weight excluding hydrogens is 158 g/mol. The number of rotatable bonds is 2. The maximum Gasteiger partial charge on any atom is 0.311 e. The van der Waals surface area contributed by atoms with E-state index in [0.717, 1.165) is 11.4 Å². The minimum Gasteiger partial charge on any atom is -0.481 e. The average molecular weight is 167 g/mol. The van der Waals surface area contributed by atoms with Gasteiger partial charge in [0.25, 0.3) is 0 Å². The number of hydrogen-bond acceptors (Lipinski definition) is 4. The molecule has 64 valence electrons. The first-order valence-electron chi connectivity index (χ1n) is 3.48. The van der Waals surface area contributed by atoms with Crippen LogP contribution in [-0.4, -0.2) is 26.3 Å². The van der Waals surface area contributed by atoms with E-state index in [0.29, 0.717) is 0 Å². The van der Waals surface area contributed by atoms with Crippen molar-refractivity contribution in [3.63, 3.8) is 0 Å². The lowest BCUT2D eigenvalue weighted by Gasteiger charge is -1.98. The van der Waals surface area contributed by atoms with Gasteiger partial charge in [-0.05, 0) is 13.8 Å². The lowest BCUT2D eigenvalue weighted by Crippen LogP contribution is -2.08. The smallest absolute Gasteiger partial charge is 0.311 e. The monoisotopic (exact) mass is 167 g/mol. The summed E-state index contributed by atoms with van der Waals surface area (Å²) >= 11 is 0. The van der Waals surface area contributed by atoms with Crippen LogP contribution in [0.15, 0.2) is 0 Å². The van der Waals surface area contributed by atoms with Gasteiger partial charge in [-0.15, -0.1) is 5.10 Å². The van der Waals surface area contributed by atoms with E-state index in [9.17, 15) is 4.79 Å². The van der Waals surface area contributed by atoms with Crippen LogP contribution < -0.4 is 0 Å². The molecule has 0 radical (unpaired) electrons. The largest absolute Gasteiger partial charge is 0.481 e. The fraction of sp³-hybridized carbons (Fsp3) is 0.429. The van der Waals surface area contributed by atoms with E-state index in [1.54, 1.807) is 13.8 Å². The molecule has 0 fully saturated rings. The summed E-state index contributed by atoms with van der Waals surface area (Å²) in [6.45, 7) is 3.55. The first-order valence-corrected chi connectivity index (χ1v) is 3.48. The van der Waals surface area contributed by atoms with E-state index >= 15 is 0 Å². The Labute approximate surface area is 69.5 Å². The molecule has 0 spiro atoms. The molecule has 5 nitrogen and oxygen atoms in total. The Bertz CT molecular complexity index is 312. The quantitative estimate of drug-likeness (QED) is 0.676. The van der Waals surface area contributed by atoms with Gasteiger partial charge in [0, 0.05) is 0 Å². The van der Waals surface area contributed by atoms with E-state index in [4.69, 9.17) is 5.11 Å². The molecule has 1 rings (SSSR count). The van der Waals surface area contributed by atoms with Crippen LogP contribution in [0.25, 0.3) is 0 Å². The number of carbonyl (C=O) groups is 1. The van der Waals surface area contributed by atoms with Gasteiger partial charge in [0.2, 0.25) is 0 Å². The first-order chi connectivity index (χ1) is 5.59. The van der Waals surface area contributed by atoms with Crippen LogP contribution in [0.5, 0.6) is 0 Å². The summed E-state index contributed by atoms with van der Waals surface area (Å²) in [5.74, 6) is -0.689. The SMILES string of the molecule is Cc1nnc(CC(=O)O)nc1C. The van der Waals surface area contributed by atoms with Gasteiger partial charge in [-0.1, -0.05) is 0 Å². The van der Waals surface area contributed by atoms with Gasteiger partial charge in [0.05, 0.1) is 11.4 Å². The summed E-state index contributed by atoms with van der Waals surface area (Å²) < 4.78 is 0. The van der Waals surface area contributed by atoms with E-state index in [1.807, 2.05) is 0 Å². The second-order valence-corrected chi connectivity index (χ2v) is 2.47. The summed E-state index contributed by atoms with van der Waals surface area (Å²) in [4.78, 5) is 14.2. The van der Waals surface area contributed by atoms with Crippen molar-refractivity contribution in [1.82, 2.24) is 15.2 Å². The molecular formula is C7H9N3O2. The van der Waals surface area contributed by atoms with Crippen LogP contribution in [-0.2, 0) is 11.2 Å². The van der Waals surface area contributed by atoms with Crippen molar-refractivity contribution in [2.24, 2.45) is 0 Å². The van der Waals surface area contributed by atoms with Crippen LogP contribution >= 0.6 is 0 Å². The van der Waals surface area contributed by atoms with Crippen molar-refractivity contribution in [1.29, 1.82) is 0 Å². The van der Waals surface area contributed by atoms with Gasteiger partial charge in [-0.25, -0.2) is 4.98 Å². The van der Waals surface area contributed by atoms with Crippen LogP contribution in [0.4, 0.5) is 0 Å². The van der Waals surface area contributed by atoms with Gasteiger partial charge < -0.3 is 5.11 Å². The third-order valence-corrected chi connectivity index (χ3v) is 1.45. The number of aliphatic carboxylic acids is 1. The highest BCUT2D eigenvalue weighted by molar-refractivity contribution is 5.68. The minimum atomic E-state index is -0.944. The van der Waals surface area contributed by atoms with Crippen molar-refractivity contribution < 1.29 is 9.90 Å². The maximum absolute atomic E-state index is 10.3. The Morgan fingerprint density at radius 2 is 2.00 bits per heavy atom. The predicted molar refractivity (Wildman–Crippen MR) is 40.6 cm³/mol. The van der Waals surface area contributed by atoms with Gasteiger partial charge >= 0.3 is 5.97 Å². The van der Waals surface area contributed by atoms with Gasteiger partial charge in [0.15, 0.2) is 5.82 Å². The number of nitrogens with zero attached hydrogens (tertiary/aromatic N) is 3. The van der Waals surface area contributed by atoms with Crippen LogP contribution in [0, 0.1) is 13.8 Å². The highest BCUT2D eigenvalue weighted by Gasteiger charge is 2.05. The third-order valence-electron chi connectivity index (χ3n) is 1.45. The van der Waals surface area contributed by atoms with Crippen LogP contribution in [0.1, 0.15) is 17.2 Å². The van der Waals surface area contributed by atoms with E-state index in [1.165, 1.54) is 0 Å². The van der Waals surface area contributed by atoms with E-state index < -0.39 is 5.97 Å². The molecule has 0 unspecified atom stereocenters. The summed E-state index contributed by atoms with van der Waals surface area (Å²) in [6, 6.07) is 0. The molecule has 0 saturated carbocycles. The predicted octanol–water partition coefficient (Wildman–Crippen LogP) is 0.116. The number of carboxylic acids is 1. The van der Waals surface area contributed by atoms with Crippen LogP contribution in [0.3, 0.4) is 0 Å². The fourth-order valence-electron chi connectivity index (χ4n) is 0.712. The van der Waals surface area contributed by atoms with E-state index in [-0.39, 0.29) is 12.2 Å². The molecule has 1 N–H and O–H groups in total. The Morgan fingerprint density at radius 3 is 2.50 bits per heavy atom. The number of aryl methyl sites for hydroxylation is 2.